The zero-order valence-corrected chi connectivity index (χ0v) is 20.6. The molecule has 10 heteroatoms. The fourth-order valence-electron chi connectivity index (χ4n) is 3.31. The molecule has 0 radical (unpaired) electrons. The molecule has 0 saturated carbocycles. The summed E-state index contributed by atoms with van der Waals surface area (Å²) in [5, 5.41) is 1.89. The summed E-state index contributed by atoms with van der Waals surface area (Å²) in [5.41, 5.74) is 0.558. The Hall–Kier alpha value is -2.56. The Morgan fingerprint density at radius 3 is 2.18 bits per heavy atom. The van der Waals surface area contributed by atoms with Crippen LogP contribution in [0, 0.1) is 0 Å². The number of aromatic amines is 1. The van der Waals surface area contributed by atoms with E-state index in [9.17, 15) is 21.6 Å². The molecule has 0 aliphatic heterocycles. The highest BCUT2D eigenvalue weighted by atomic mass is 79.9. The van der Waals surface area contributed by atoms with E-state index < -0.39 is 26.7 Å². The number of halogens is 5. The highest BCUT2D eigenvalue weighted by Crippen LogP contribution is 2.32. The SMILES string of the molecule is Brc1cccc2[nH]ccc12.O=S(=O)(c1cccc(C(F)(F)F)c1)n1ccc2c(Br)cccc21. The van der Waals surface area contributed by atoms with Crippen molar-refractivity contribution >= 4 is 63.7 Å². The van der Waals surface area contributed by atoms with Crippen molar-refractivity contribution in [2.24, 2.45) is 0 Å². The number of nitrogens with one attached hydrogen (secondary N) is 1. The summed E-state index contributed by atoms with van der Waals surface area (Å²) in [6.45, 7) is 0. The van der Waals surface area contributed by atoms with Crippen LogP contribution in [0.2, 0.25) is 0 Å². The second kappa shape index (κ2) is 9.00. The number of nitrogens with zero attached hydrogens (tertiary/aromatic N) is 1. The molecule has 170 valence electrons. The van der Waals surface area contributed by atoms with Gasteiger partial charge in [0.15, 0.2) is 0 Å². The lowest BCUT2D eigenvalue weighted by molar-refractivity contribution is -0.137. The van der Waals surface area contributed by atoms with Gasteiger partial charge in [0.05, 0.1) is 16.0 Å². The minimum Gasteiger partial charge on any atom is -0.361 e. The van der Waals surface area contributed by atoms with E-state index in [4.69, 9.17) is 0 Å². The Morgan fingerprint density at radius 1 is 0.818 bits per heavy atom. The standard InChI is InChI=1S/C15H9BrF3NO2S.C8H6BrN/c16-13-5-2-6-14-12(13)7-8-20(14)23(21,22)11-4-1-3-10(9-11)15(17,18)19;9-7-2-1-3-8-6(7)4-5-10-8/h1-9H;1-5,10H. The first-order valence-corrected chi connectivity index (χ1v) is 12.5. The first kappa shape index (κ1) is 23.6. The smallest absolute Gasteiger partial charge is 0.361 e. The molecule has 0 spiro atoms. The van der Waals surface area contributed by atoms with E-state index in [0.717, 1.165) is 26.6 Å². The topological polar surface area (TPSA) is 54.9 Å². The monoisotopic (exact) mass is 598 g/mol. The first-order chi connectivity index (χ1) is 15.6. The highest BCUT2D eigenvalue weighted by molar-refractivity contribution is 9.11. The van der Waals surface area contributed by atoms with Crippen molar-refractivity contribution in [1.29, 1.82) is 0 Å². The largest absolute Gasteiger partial charge is 0.416 e. The van der Waals surface area contributed by atoms with Gasteiger partial charge < -0.3 is 4.98 Å². The van der Waals surface area contributed by atoms with Gasteiger partial charge in [-0.2, -0.15) is 13.2 Å². The van der Waals surface area contributed by atoms with E-state index >= 15 is 0 Å². The summed E-state index contributed by atoms with van der Waals surface area (Å²) < 4.78 is 66.6. The van der Waals surface area contributed by atoms with Gasteiger partial charge >= 0.3 is 6.18 Å². The van der Waals surface area contributed by atoms with E-state index in [1.807, 2.05) is 18.3 Å². The van der Waals surface area contributed by atoms with Gasteiger partial charge in [0, 0.05) is 37.6 Å². The van der Waals surface area contributed by atoms with Crippen LogP contribution in [0.4, 0.5) is 13.2 Å². The third-order valence-corrected chi connectivity index (χ3v) is 7.97. The summed E-state index contributed by atoms with van der Waals surface area (Å²) in [6, 6.07) is 18.5. The maximum atomic E-state index is 12.8. The summed E-state index contributed by atoms with van der Waals surface area (Å²) >= 11 is 6.77. The maximum Gasteiger partial charge on any atom is 0.416 e. The van der Waals surface area contributed by atoms with Gasteiger partial charge in [-0.3, -0.25) is 0 Å². The molecule has 0 aliphatic rings. The second-order valence-corrected chi connectivity index (χ2v) is 10.5. The summed E-state index contributed by atoms with van der Waals surface area (Å²) in [7, 11) is -4.13. The molecule has 3 aromatic carbocycles. The number of hydrogen-bond donors (Lipinski definition) is 1. The third kappa shape index (κ3) is 4.73. The van der Waals surface area contributed by atoms with Crippen LogP contribution in [0.1, 0.15) is 5.56 Å². The van der Waals surface area contributed by atoms with E-state index in [-0.39, 0.29) is 0 Å². The van der Waals surface area contributed by atoms with Crippen LogP contribution >= 0.6 is 31.9 Å². The molecule has 1 N–H and O–H groups in total. The first-order valence-electron chi connectivity index (χ1n) is 9.49. The molecule has 2 aromatic heterocycles. The van der Waals surface area contributed by atoms with Gasteiger partial charge in [0.2, 0.25) is 0 Å². The number of fused-ring (bicyclic) bond motifs is 2. The minimum absolute atomic E-state index is 0.386. The van der Waals surface area contributed by atoms with Crippen molar-refractivity contribution in [3.63, 3.8) is 0 Å². The quantitative estimate of drug-likeness (QED) is 0.227. The van der Waals surface area contributed by atoms with E-state index in [2.05, 4.69) is 49.0 Å². The Bertz CT molecular complexity index is 1560. The average molecular weight is 600 g/mol. The molecule has 0 aliphatic carbocycles. The van der Waals surface area contributed by atoms with Crippen LogP contribution in [0.25, 0.3) is 21.8 Å². The van der Waals surface area contributed by atoms with Gasteiger partial charge in [-0.15, -0.1) is 0 Å². The summed E-state index contributed by atoms with van der Waals surface area (Å²) in [6.07, 6.45) is -1.34. The molecule has 5 rings (SSSR count). The van der Waals surface area contributed by atoms with Crippen LogP contribution in [-0.4, -0.2) is 17.4 Å². The number of benzene rings is 3. The lowest BCUT2D eigenvalue weighted by Crippen LogP contribution is -2.13. The average Bonchev–Trinajstić information content (AvgIpc) is 3.43. The Balaban J connectivity index is 0.000000214. The molecular formula is C23H15Br2F3N2O2S. The van der Waals surface area contributed by atoms with Crippen LogP contribution in [-0.2, 0) is 16.2 Å². The lowest BCUT2D eigenvalue weighted by atomic mass is 10.2. The van der Waals surface area contributed by atoms with Crippen molar-refractivity contribution in [2.45, 2.75) is 11.1 Å². The Kier molecular flexibility index (Phi) is 6.43. The second-order valence-electron chi connectivity index (χ2n) is 6.99. The zero-order valence-electron chi connectivity index (χ0n) is 16.6. The molecule has 0 atom stereocenters. The molecule has 0 fully saturated rings. The molecule has 5 aromatic rings. The molecule has 4 nitrogen and oxygen atoms in total. The van der Waals surface area contributed by atoms with Crippen LogP contribution in [0.5, 0.6) is 0 Å². The Morgan fingerprint density at radius 2 is 1.48 bits per heavy atom. The van der Waals surface area contributed by atoms with Gasteiger partial charge in [0.1, 0.15) is 0 Å². The molecule has 0 saturated heterocycles. The van der Waals surface area contributed by atoms with Crippen molar-refractivity contribution in [3.8, 4) is 0 Å². The molecule has 0 bridgehead atoms. The molecule has 33 heavy (non-hydrogen) atoms. The van der Waals surface area contributed by atoms with E-state index in [1.54, 1.807) is 24.3 Å². The van der Waals surface area contributed by atoms with Crippen LogP contribution in [0.3, 0.4) is 0 Å². The van der Waals surface area contributed by atoms with Gasteiger partial charge in [0.25, 0.3) is 10.0 Å². The predicted molar refractivity (Wildman–Crippen MR) is 130 cm³/mol. The number of hydrogen-bond acceptors (Lipinski definition) is 2. The van der Waals surface area contributed by atoms with E-state index in [1.165, 1.54) is 17.1 Å². The number of rotatable bonds is 2. The van der Waals surface area contributed by atoms with Crippen molar-refractivity contribution in [3.05, 3.63) is 99.7 Å². The van der Waals surface area contributed by atoms with Crippen LogP contribution in [0.15, 0.2) is 99.0 Å². The van der Waals surface area contributed by atoms with Crippen molar-refractivity contribution in [1.82, 2.24) is 8.96 Å². The van der Waals surface area contributed by atoms with Gasteiger partial charge in [-0.1, -0.05) is 50.1 Å². The number of H-pyrrole nitrogens is 1. The fraction of sp³-hybridized carbons (Fsp3) is 0.0435. The van der Waals surface area contributed by atoms with Crippen molar-refractivity contribution in [2.75, 3.05) is 0 Å². The zero-order chi connectivity index (χ0) is 23.8. The number of aromatic nitrogens is 2. The lowest BCUT2D eigenvalue weighted by Gasteiger charge is -2.11. The molecule has 2 heterocycles. The van der Waals surface area contributed by atoms with Crippen LogP contribution < -0.4 is 0 Å². The molecule has 0 amide bonds. The summed E-state index contributed by atoms with van der Waals surface area (Å²) in [5.74, 6) is 0. The summed E-state index contributed by atoms with van der Waals surface area (Å²) in [4.78, 5) is 2.72. The maximum absolute atomic E-state index is 12.8. The molecule has 0 unspecified atom stereocenters. The number of alkyl halides is 3. The molecular weight excluding hydrogens is 585 g/mol. The van der Waals surface area contributed by atoms with Gasteiger partial charge in [-0.25, -0.2) is 12.4 Å². The third-order valence-electron chi connectivity index (χ3n) is 4.90. The predicted octanol–water partition coefficient (Wildman–Crippen LogP) is 7.59. The normalized spacial score (nSPS) is 12.0. The van der Waals surface area contributed by atoms with E-state index in [0.29, 0.717) is 21.4 Å². The fourth-order valence-corrected chi connectivity index (χ4v) is 5.69. The van der Waals surface area contributed by atoms with Gasteiger partial charge in [-0.05, 0) is 54.6 Å². The Labute approximate surface area is 204 Å². The minimum atomic E-state index is -4.60. The highest BCUT2D eigenvalue weighted by Gasteiger charge is 2.32. The van der Waals surface area contributed by atoms with Crippen molar-refractivity contribution < 1.29 is 21.6 Å².